The van der Waals surface area contributed by atoms with Crippen molar-refractivity contribution in [2.75, 3.05) is 5.32 Å². The average Bonchev–Trinajstić information content (AvgIpc) is 2.65. The number of nitrogens with one attached hydrogen (secondary N) is 1. The first kappa shape index (κ1) is 20.1. The smallest absolute Gasteiger partial charge is 0.290 e. The van der Waals surface area contributed by atoms with Crippen LogP contribution in [0.3, 0.4) is 0 Å². The molecule has 28 heavy (non-hydrogen) atoms. The largest absolute Gasteiger partial charge is 0.479 e. The van der Waals surface area contributed by atoms with Crippen molar-refractivity contribution in [3.05, 3.63) is 79.0 Å². The molecule has 0 spiro atoms. The van der Waals surface area contributed by atoms with Crippen LogP contribution < -0.4 is 5.32 Å². The molecule has 0 saturated heterocycles. The van der Waals surface area contributed by atoms with Gasteiger partial charge in [0.05, 0.1) is 32.1 Å². The molecule has 10 heteroatoms. The molecular weight excluding hydrogens is 431 g/mol. The molecule has 0 radical (unpaired) electrons. The van der Waals surface area contributed by atoms with E-state index in [-0.39, 0.29) is 44.4 Å². The van der Waals surface area contributed by atoms with Crippen molar-refractivity contribution in [1.82, 2.24) is 0 Å². The zero-order valence-corrected chi connectivity index (χ0v) is 16.2. The number of allylic oxidation sites excluding steroid dienone is 1. The van der Waals surface area contributed by atoms with Gasteiger partial charge in [-0.1, -0.05) is 46.9 Å². The topological polar surface area (TPSA) is 98.5 Å². The Bertz CT molecular complexity index is 1020. The summed E-state index contributed by atoms with van der Waals surface area (Å²) in [6, 6.07) is 8.43. The minimum Gasteiger partial charge on any atom is -0.479 e. The summed E-state index contributed by atoms with van der Waals surface area (Å²) >= 11 is 17.8. The highest BCUT2D eigenvalue weighted by atomic mass is 35.5. The van der Waals surface area contributed by atoms with E-state index in [4.69, 9.17) is 39.5 Å². The lowest BCUT2D eigenvalue weighted by molar-refractivity contribution is -0.385. The zero-order valence-electron chi connectivity index (χ0n) is 13.9. The number of nitrogens with zero attached hydrogens (tertiary/aromatic N) is 1. The van der Waals surface area contributed by atoms with E-state index in [1.807, 2.05) is 0 Å². The van der Waals surface area contributed by atoms with Gasteiger partial charge in [-0.15, -0.1) is 0 Å². The number of non-ortho nitro benzene ring substituents is 1. The minimum absolute atomic E-state index is 0.0501. The van der Waals surface area contributed by atoms with Gasteiger partial charge in [-0.2, -0.15) is 0 Å². The standard InChI is InChI=1S/C18H11Cl3N2O5/c19-12-7-14(21)15(8-13(12)20)22-18(25)17-6-11(24)5-16(28-17)9-2-1-3-10(4-9)23(26)27/h1-4,6-8,16H,5H2,(H,22,25)/t16-/m0/s1. The van der Waals surface area contributed by atoms with Gasteiger partial charge < -0.3 is 10.1 Å². The summed E-state index contributed by atoms with van der Waals surface area (Å²) < 4.78 is 5.61. The fraction of sp³-hybridized carbons (Fsp3) is 0.111. The number of amides is 1. The van der Waals surface area contributed by atoms with E-state index in [1.165, 1.54) is 30.3 Å². The fourth-order valence-electron chi connectivity index (χ4n) is 2.56. The van der Waals surface area contributed by atoms with Crippen LogP contribution in [0.15, 0.2) is 48.2 Å². The van der Waals surface area contributed by atoms with Crippen LogP contribution in [0.5, 0.6) is 0 Å². The number of carbonyl (C=O) groups is 2. The number of rotatable bonds is 4. The molecule has 0 fully saturated rings. The molecular formula is C18H11Cl3N2O5. The van der Waals surface area contributed by atoms with Crippen molar-refractivity contribution in [3.8, 4) is 0 Å². The summed E-state index contributed by atoms with van der Waals surface area (Å²) in [4.78, 5) is 35.0. The van der Waals surface area contributed by atoms with E-state index in [1.54, 1.807) is 6.07 Å². The van der Waals surface area contributed by atoms with Gasteiger partial charge in [0.2, 0.25) is 0 Å². The lowest BCUT2D eigenvalue weighted by Gasteiger charge is -2.23. The van der Waals surface area contributed by atoms with Crippen molar-refractivity contribution in [3.63, 3.8) is 0 Å². The number of nitro groups is 1. The molecule has 1 aliphatic rings. The van der Waals surface area contributed by atoms with Crippen LogP contribution in [0.25, 0.3) is 0 Å². The Morgan fingerprint density at radius 2 is 1.86 bits per heavy atom. The van der Waals surface area contributed by atoms with Gasteiger partial charge >= 0.3 is 0 Å². The number of hydrogen-bond donors (Lipinski definition) is 1. The quantitative estimate of drug-likeness (QED) is 0.404. The Kier molecular flexibility index (Phi) is 5.88. The van der Waals surface area contributed by atoms with E-state index in [2.05, 4.69) is 5.32 Å². The highest BCUT2D eigenvalue weighted by Crippen LogP contribution is 2.34. The molecule has 0 aromatic heterocycles. The van der Waals surface area contributed by atoms with E-state index in [9.17, 15) is 19.7 Å². The molecule has 3 rings (SSSR count). The normalized spacial score (nSPS) is 16.2. The third kappa shape index (κ3) is 4.44. The molecule has 1 atom stereocenters. The summed E-state index contributed by atoms with van der Waals surface area (Å²) in [5, 5.41) is 14.0. The molecule has 1 N–H and O–H groups in total. The van der Waals surface area contributed by atoms with Gasteiger partial charge in [-0.05, 0) is 17.7 Å². The second-order valence-electron chi connectivity index (χ2n) is 5.84. The lowest BCUT2D eigenvalue weighted by Crippen LogP contribution is -2.24. The molecule has 144 valence electrons. The maximum absolute atomic E-state index is 12.5. The molecule has 1 aliphatic heterocycles. The predicted molar refractivity (Wildman–Crippen MR) is 105 cm³/mol. The first-order valence-corrected chi connectivity index (χ1v) is 8.99. The van der Waals surface area contributed by atoms with Gasteiger partial charge in [0, 0.05) is 18.2 Å². The first-order valence-electron chi connectivity index (χ1n) is 7.86. The van der Waals surface area contributed by atoms with E-state index < -0.39 is 16.9 Å². The van der Waals surface area contributed by atoms with Crippen LogP contribution in [-0.4, -0.2) is 16.6 Å². The number of carbonyl (C=O) groups excluding carboxylic acids is 2. The Morgan fingerprint density at radius 3 is 2.57 bits per heavy atom. The molecule has 2 aromatic carbocycles. The summed E-state index contributed by atoms with van der Waals surface area (Å²) in [5.74, 6) is -1.31. The molecule has 0 aliphatic carbocycles. The van der Waals surface area contributed by atoms with E-state index in [0.717, 1.165) is 6.08 Å². The number of halogens is 3. The van der Waals surface area contributed by atoms with Crippen molar-refractivity contribution in [2.24, 2.45) is 0 Å². The summed E-state index contributed by atoms with van der Waals surface area (Å²) in [6.07, 6.45) is 0.183. The fourth-order valence-corrected chi connectivity index (χ4v) is 3.16. The molecule has 0 unspecified atom stereocenters. The molecule has 1 heterocycles. The van der Waals surface area contributed by atoms with Gasteiger partial charge in [-0.25, -0.2) is 0 Å². The zero-order chi connectivity index (χ0) is 20.4. The van der Waals surface area contributed by atoms with Gasteiger partial charge in [0.1, 0.15) is 6.10 Å². The van der Waals surface area contributed by atoms with E-state index in [0.29, 0.717) is 5.56 Å². The van der Waals surface area contributed by atoms with Crippen molar-refractivity contribution < 1.29 is 19.2 Å². The van der Waals surface area contributed by atoms with Crippen LogP contribution >= 0.6 is 34.8 Å². The van der Waals surface area contributed by atoms with Crippen LogP contribution in [0.1, 0.15) is 18.1 Å². The van der Waals surface area contributed by atoms with Gasteiger partial charge in [0.15, 0.2) is 11.5 Å². The lowest BCUT2D eigenvalue weighted by atomic mass is 10.0. The Morgan fingerprint density at radius 1 is 1.14 bits per heavy atom. The van der Waals surface area contributed by atoms with Crippen LogP contribution in [0.4, 0.5) is 11.4 Å². The second kappa shape index (κ2) is 8.18. The third-order valence-electron chi connectivity index (χ3n) is 3.88. The maximum atomic E-state index is 12.5. The van der Waals surface area contributed by atoms with Crippen LogP contribution in [-0.2, 0) is 14.3 Å². The van der Waals surface area contributed by atoms with Crippen molar-refractivity contribution in [1.29, 1.82) is 0 Å². The highest BCUT2D eigenvalue weighted by molar-refractivity contribution is 6.44. The maximum Gasteiger partial charge on any atom is 0.290 e. The summed E-state index contributed by atoms with van der Waals surface area (Å²) in [5.41, 5.74) is 0.459. The molecule has 7 nitrogen and oxygen atoms in total. The average molecular weight is 442 g/mol. The SMILES string of the molecule is O=C1C=C(C(=O)Nc2cc(Cl)c(Cl)cc2Cl)O[C@H](c2cccc([N+](=O)[O-])c2)C1. The van der Waals surface area contributed by atoms with E-state index >= 15 is 0 Å². The van der Waals surface area contributed by atoms with Crippen LogP contribution in [0.2, 0.25) is 15.1 Å². The number of ketones is 1. The number of ether oxygens (including phenoxy) is 1. The van der Waals surface area contributed by atoms with Crippen LogP contribution in [0, 0.1) is 10.1 Å². The Hall–Kier alpha value is -2.61. The third-order valence-corrected chi connectivity index (χ3v) is 4.92. The number of benzene rings is 2. The van der Waals surface area contributed by atoms with Crippen molar-refractivity contribution >= 4 is 57.9 Å². The van der Waals surface area contributed by atoms with Gasteiger partial charge in [-0.3, -0.25) is 19.7 Å². The summed E-state index contributed by atoms with van der Waals surface area (Å²) in [6.45, 7) is 0. The van der Waals surface area contributed by atoms with Gasteiger partial charge in [0.25, 0.3) is 11.6 Å². The number of anilines is 1. The Labute approximate surface area is 174 Å². The predicted octanol–water partition coefficient (Wildman–Crippen LogP) is 5.11. The molecule has 2 aromatic rings. The molecule has 0 saturated carbocycles. The monoisotopic (exact) mass is 440 g/mol. The number of nitro benzene ring substituents is 1. The van der Waals surface area contributed by atoms with Crippen molar-refractivity contribution in [2.45, 2.75) is 12.5 Å². The second-order valence-corrected chi connectivity index (χ2v) is 7.06. The molecule has 0 bridgehead atoms. The Balaban J connectivity index is 1.82. The molecule has 1 amide bonds. The summed E-state index contributed by atoms with van der Waals surface area (Å²) in [7, 11) is 0. The highest BCUT2D eigenvalue weighted by Gasteiger charge is 2.28. The number of hydrogen-bond acceptors (Lipinski definition) is 5. The minimum atomic E-state index is -0.831. The first-order chi connectivity index (χ1) is 13.2.